The highest BCUT2D eigenvalue weighted by molar-refractivity contribution is 6.00. The smallest absolute Gasteiger partial charge is 0.228 e. The molecule has 0 saturated heterocycles. The number of hydrogen-bond donors (Lipinski definition) is 2. The van der Waals surface area contributed by atoms with Crippen LogP contribution in [-0.2, 0) is 11.2 Å². The first-order valence-electron chi connectivity index (χ1n) is 3.85. The summed E-state index contributed by atoms with van der Waals surface area (Å²) in [6.45, 7) is 1.95. The summed E-state index contributed by atoms with van der Waals surface area (Å²) in [6.07, 6.45) is 0.460. The molecule has 1 heterocycles. The van der Waals surface area contributed by atoms with Crippen LogP contribution in [0.15, 0.2) is 12.1 Å². The number of carbonyl (C=O) groups is 1. The molecule has 1 amide bonds. The Morgan fingerprint density at radius 3 is 3.00 bits per heavy atom. The molecular weight excluding hydrogens is 152 g/mol. The van der Waals surface area contributed by atoms with Gasteiger partial charge in [0.25, 0.3) is 0 Å². The topological polar surface area (TPSA) is 55.1 Å². The van der Waals surface area contributed by atoms with E-state index in [0.717, 1.165) is 22.5 Å². The van der Waals surface area contributed by atoms with Crippen molar-refractivity contribution in [1.82, 2.24) is 0 Å². The molecule has 0 saturated carbocycles. The van der Waals surface area contributed by atoms with E-state index in [2.05, 4.69) is 5.32 Å². The molecule has 3 nitrogen and oxygen atoms in total. The first-order valence-corrected chi connectivity index (χ1v) is 3.85. The Morgan fingerprint density at radius 1 is 1.50 bits per heavy atom. The molecule has 0 fully saturated rings. The average Bonchev–Trinajstić information content (AvgIpc) is 2.29. The minimum atomic E-state index is 0.0544. The summed E-state index contributed by atoms with van der Waals surface area (Å²) >= 11 is 0. The van der Waals surface area contributed by atoms with Crippen molar-refractivity contribution >= 4 is 17.3 Å². The largest absolute Gasteiger partial charge is 0.399 e. The van der Waals surface area contributed by atoms with Gasteiger partial charge in [-0.3, -0.25) is 4.79 Å². The van der Waals surface area contributed by atoms with E-state index in [0.29, 0.717) is 6.42 Å². The third kappa shape index (κ3) is 0.942. The van der Waals surface area contributed by atoms with Crippen molar-refractivity contribution in [2.75, 3.05) is 11.1 Å². The second kappa shape index (κ2) is 2.24. The summed E-state index contributed by atoms with van der Waals surface area (Å²) in [5, 5.41) is 2.80. The van der Waals surface area contributed by atoms with Crippen LogP contribution in [0.25, 0.3) is 0 Å². The molecule has 0 unspecified atom stereocenters. The Morgan fingerprint density at radius 2 is 2.25 bits per heavy atom. The quantitative estimate of drug-likeness (QED) is 0.561. The summed E-state index contributed by atoms with van der Waals surface area (Å²) in [6, 6.07) is 3.71. The van der Waals surface area contributed by atoms with Gasteiger partial charge >= 0.3 is 0 Å². The number of carbonyl (C=O) groups excluding carboxylic acids is 1. The van der Waals surface area contributed by atoms with Gasteiger partial charge in [0.15, 0.2) is 0 Å². The van der Waals surface area contributed by atoms with E-state index in [9.17, 15) is 4.79 Å². The normalized spacial score (nSPS) is 14.2. The molecule has 1 aromatic rings. The maximum absolute atomic E-state index is 11.0. The van der Waals surface area contributed by atoms with Crippen LogP contribution in [-0.4, -0.2) is 5.91 Å². The molecule has 2 rings (SSSR count). The third-order valence-corrected chi connectivity index (χ3v) is 2.05. The van der Waals surface area contributed by atoms with Gasteiger partial charge in [0.05, 0.1) is 6.42 Å². The maximum Gasteiger partial charge on any atom is 0.228 e. The summed E-state index contributed by atoms with van der Waals surface area (Å²) in [7, 11) is 0. The van der Waals surface area contributed by atoms with E-state index in [1.54, 1.807) is 0 Å². The van der Waals surface area contributed by atoms with Crippen LogP contribution in [0.4, 0.5) is 11.4 Å². The lowest BCUT2D eigenvalue weighted by molar-refractivity contribution is -0.115. The first kappa shape index (κ1) is 7.16. The fraction of sp³-hybridized carbons (Fsp3) is 0.222. The van der Waals surface area contributed by atoms with Gasteiger partial charge in [0.1, 0.15) is 0 Å². The molecule has 3 heteroatoms. The van der Waals surface area contributed by atoms with E-state index < -0.39 is 0 Å². The van der Waals surface area contributed by atoms with E-state index in [1.165, 1.54) is 0 Å². The van der Waals surface area contributed by atoms with Crippen molar-refractivity contribution in [1.29, 1.82) is 0 Å². The Balaban J connectivity index is 2.59. The highest BCUT2D eigenvalue weighted by atomic mass is 16.1. The van der Waals surface area contributed by atoms with Crippen LogP contribution in [0.2, 0.25) is 0 Å². The lowest BCUT2D eigenvalue weighted by atomic mass is 10.1. The summed E-state index contributed by atoms with van der Waals surface area (Å²) in [5.74, 6) is 0.0544. The highest BCUT2D eigenvalue weighted by Gasteiger charge is 2.19. The Bertz CT molecular complexity index is 358. The summed E-state index contributed by atoms with van der Waals surface area (Å²) < 4.78 is 0. The Labute approximate surface area is 70.6 Å². The number of aryl methyl sites for hydroxylation is 1. The van der Waals surface area contributed by atoms with Crippen molar-refractivity contribution < 1.29 is 4.79 Å². The fourth-order valence-corrected chi connectivity index (χ4v) is 1.57. The number of nitrogens with one attached hydrogen (secondary N) is 1. The number of anilines is 2. The number of rotatable bonds is 0. The minimum absolute atomic E-state index is 0.0544. The Hall–Kier alpha value is -1.51. The molecule has 1 aromatic carbocycles. The monoisotopic (exact) mass is 162 g/mol. The number of fused-ring (bicyclic) bond motifs is 1. The third-order valence-electron chi connectivity index (χ3n) is 2.05. The van der Waals surface area contributed by atoms with Crippen LogP contribution >= 0.6 is 0 Å². The van der Waals surface area contributed by atoms with E-state index in [1.807, 2.05) is 19.1 Å². The molecule has 0 aliphatic carbocycles. The second-order valence-electron chi connectivity index (χ2n) is 3.10. The zero-order valence-electron chi connectivity index (χ0n) is 6.85. The van der Waals surface area contributed by atoms with Crippen LogP contribution in [0.1, 0.15) is 11.1 Å². The molecule has 62 valence electrons. The van der Waals surface area contributed by atoms with Crippen molar-refractivity contribution in [3.8, 4) is 0 Å². The van der Waals surface area contributed by atoms with Gasteiger partial charge in [-0.05, 0) is 30.2 Å². The van der Waals surface area contributed by atoms with E-state index >= 15 is 0 Å². The van der Waals surface area contributed by atoms with Gasteiger partial charge in [-0.1, -0.05) is 0 Å². The van der Waals surface area contributed by atoms with E-state index in [-0.39, 0.29) is 5.91 Å². The Kier molecular flexibility index (Phi) is 1.33. The molecule has 0 aromatic heterocycles. The molecule has 0 spiro atoms. The predicted molar refractivity (Wildman–Crippen MR) is 47.9 cm³/mol. The minimum Gasteiger partial charge on any atom is -0.399 e. The second-order valence-corrected chi connectivity index (χ2v) is 3.10. The zero-order valence-corrected chi connectivity index (χ0v) is 6.85. The van der Waals surface area contributed by atoms with Gasteiger partial charge in [-0.25, -0.2) is 0 Å². The van der Waals surface area contributed by atoms with Gasteiger partial charge in [0.2, 0.25) is 5.91 Å². The van der Waals surface area contributed by atoms with Crippen molar-refractivity contribution in [3.05, 3.63) is 23.3 Å². The predicted octanol–water partition coefficient (Wildman–Crippen LogP) is 1.07. The number of benzene rings is 1. The standard InChI is InChI=1S/C9H10N2O/c1-5-2-7(10)3-6-4-8(12)11-9(5)6/h2-3H,4,10H2,1H3,(H,11,12). The molecule has 3 N–H and O–H groups in total. The van der Waals surface area contributed by atoms with Crippen molar-refractivity contribution in [3.63, 3.8) is 0 Å². The maximum atomic E-state index is 11.0. The van der Waals surface area contributed by atoms with Crippen LogP contribution in [0.5, 0.6) is 0 Å². The molecule has 0 bridgehead atoms. The van der Waals surface area contributed by atoms with Gasteiger partial charge in [0, 0.05) is 11.4 Å². The van der Waals surface area contributed by atoms with Crippen molar-refractivity contribution in [2.24, 2.45) is 0 Å². The molecule has 12 heavy (non-hydrogen) atoms. The lowest BCUT2D eigenvalue weighted by Crippen LogP contribution is -2.04. The van der Waals surface area contributed by atoms with Crippen molar-refractivity contribution in [2.45, 2.75) is 13.3 Å². The number of amides is 1. The van der Waals surface area contributed by atoms with Gasteiger partial charge < -0.3 is 11.1 Å². The molecule has 0 atom stereocenters. The number of nitrogens with two attached hydrogens (primary N) is 1. The number of nitrogen functional groups attached to an aromatic ring is 1. The van der Waals surface area contributed by atoms with Crippen LogP contribution < -0.4 is 11.1 Å². The van der Waals surface area contributed by atoms with Crippen LogP contribution in [0, 0.1) is 6.92 Å². The molecule has 0 radical (unpaired) electrons. The van der Waals surface area contributed by atoms with E-state index in [4.69, 9.17) is 5.73 Å². The number of hydrogen-bond acceptors (Lipinski definition) is 2. The SMILES string of the molecule is Cc1cc(N)cc2c1NC(=O)C2. The lowest BCUT2D eigenvalue weighted by Gasteiger charge is -2.03. The summed E-state index contributed by atoms with van der Waals surface area (Å²) in [4.78, 5) is 11.0. The zero-order chi connectivity index (χ0) is 8.72. The van der Waals surface area contributed by atoms with Gasteiger partial charge in [-0.2, -0.15) is 0 Å². The van der Waals surface area contributed by atoms with Gasteiger partial charge in [-0.15, -0.1) is 0 Å². The fourth-order valence-electron chi connectivity index (χ4n) is 1.57. The average molecular weight is 162 g/mol. The van der Waals surface area contributed by atoms with Crippen LogP contribution in [0.3, 0.4) is 0 Å². The molecule has 1 aliphatic heterocycles. The highest BCUT2D eigenvalue weighted by Crippen LogP contribution is 2.28. The molecule has 1 aliphatic rings. The first-order chi connectivity index (χ1) is 5.66. The molecular formula is C9H10N2O. The summed E-state index contributed by atoms with van der Waals surface area (Å²) in [5.41, 5.74) is 9.35.